The Labute approximate surface area is 189 Å². The second-order valence-corrected chi connectivity index (χ2v) is 9.03. The number of aliphatic hydroxyl groups excluding tert-OH is 1. The van der Waals surface area contributed by atoms with E-state index in [0.717, 1.165) is 23.5 Å². The highest BCUT2D eigenvalue weighted by molar-refractivity contribution is 6.06. The van der Waals surface area contributed by atoms with Crippen molar-refractivity contribution < 1.29 is 19.4 Å². The van der Waals surface area contributed by atoms with Crippen LogP contribution in [0.3, 0.4) is 0 Å². The van der Waals surface area contributed by atoms with Crippen molar-refractivity contribution in [2.24, 2.45) is 10.9 Å². The van der Waals surface area contributed by atoms with Crippen molar-refractivity contribution in [2.75, 3.05) is 32.8 Å². The van der Waals surface area contributed by atoms with Gasteiger partial charge in [0.25, 0.3) is 0 Å². The number of hydrogen-bond donors (Lipinski definition) is 2. The largest absolute Gasteiger partial charge is 0.494 e. The number of fused-ring (bicyclic) bond motifs is 2. The number of ether oxygens (including phenoxy) is 1. The lowest BCUT2D eigenvalue weighted by atomic mass is 9.89. The minimum Gasteiger partial charge on any atom is -0.494 e. The van der Waals surface area contributed by atoms with Gasteiger partial charge in [0, 0.05) is 25.1 Å². The zero-order valence-corrected chi connectivity index (χ0v) is 18.9. The second kappa shape index (κ2) is 10.3. The number of aliphatic hydroxyl groups is 1. The van der Waals surface area contributed by atoms with Crippen LogP contribution < -0.4 is 10.1 Å². The molecule has 1 atom stereocenters. The summed E-state index contributed by atoms with van der Waals surface area (Å²) in [6, 6.07) is 5.80. The summed E-state index contributed by atoms with van der Waals surface area (Å²) >= 11 is 0. The summed E-state index contributed by atoms with van der Waals surface area (Å²) in [5.74, 6) is 1.98. The van der Waals surface area contributed by atoms with Crippen molar-refractivity contribution in [1.29, 1.82) is 0 Å². The zero-order valence-electron chi connectivity index (χ0n) is 18.9. The lowest BCUT2D eigenvalue weighted by molar-refractivity contribution is -0.132. The molecule has 2 amide bonds. The highest BCUT2D eigenvalue weighted by Crippen LogP contribution is 2.37. The van der Waals surface area contributed by atoms with Crippen LogP contribution in [0.15, 0.2) is 23.2 Å². The van der Waals surface area contributed by atoms with E-state index in [2.05, 4.69) is 17.2 Å². The lowest BCUT2D eigenvalue weighted by Gasteiger charge is -2.30. The van der Waals surface area contributed by atoms with Crippen LogP contribution in [0.25, 0.3) is 0 Å². The molecule has 2 aliphatic heterocycles. The van der Waals surface area contributed by atoms with Gasteiger partial charge in [0.15, 0.2) is 0 Å². The Bertz CT molecular complexity index is 866. The maximum atomic E-state index is 12.7. The number of carbonyl (C=O) groups is 2. The van der Waals surface area contributed by atoms with Gasteiger partial charge in [-0.25, -0.2) is 4.99 Å². The zero-order chi connectivity index (χ0) is 22.5. The summed E-state index contributed by atoms with van der Waals surface area (Å²) in [6.07, 6.45) is 7.20. The van der Waals surface area contributed by atoms with Gasteiger partial charge in [-0.3, -0.25) is 14.9 Å². The molecule has 174 valence electrons. The molecule has 0 spiro atoms. The number of hydrogen-bond acceptors (Lipinski definition) is 6. The molecule has 4 rings (SSSR count). The first-order valence-corrected chi connectivity index (χ1v) is 11.9. The van der Waals surface area contributed by atoms with Crippen molar-refractivity contribution in [2.45, 2.75) is 57.9 Å². The van der Waals surface area contributed by atoms with Crippen molar-refractivity contribution >= 4 is 23.5 Å². The van der Waals surface area contributed by atoms with Crippen LogP contribution in [-0.2, 0) is 9.59 Å². The fraction of sp³-hybridized carbons (Fsp3) is 0.625. The molecule has 0 bridgehead atoms. The summed E-state index contributed by atoms with van der Waals surface area (Å²) in [6.45, 7) is 4.00. The SMILES string of the molecule is CC1c2cc(OCCCC(=O)N(CCO)CC3CCCCC3)ccc2N=C2NC(=O)CN21. The summed E-state index contributed by atoms with van der Waals surface area (Å²) in [7, 11) is 0. The van der Waals surface area contributed by atoms with E-state index in [0.29, 0.717) is 44.4 Å². The first kappa shape index (κ1) is 22.6. The maximum absolute atomic E-state index is 12.7. The molecule has 1 saturated heterocycles. The minimum absolute atomic E-state index is 0.00456. The molecule has 2 fully saturated rings. The standard InChI is InChI=1S/C24H34N4O4/c1-17-20-14-19(9-10-21(20)25-24-26-22(30)16-28(17)24)32-13-5-8-23(31)27(11-12-29)15-18-6-3-2-4-7-18/h9-10,14,17-18,29H,2-8,11-13,15-16H2,1H3,(H,25,26,30). The normalized spacial score (nSPS) is 20.3. The van der Waals surface area contributed by atoms with E-state index in [4.69, 9.17) is 4.74 Å². The first-order valence-electron chi connectivity index (χ1n) is 11.9. The van der Waals surface area contributed by atoms with Crippen LogP contribution in [0, 0.1) is 5.92 Å². The number of carbonyl (C=O) groups excluding carboxylic acids is 2. The van der Waals surface area contributed by atoms with E-state index >= 15 is 0 Å². The average molecular weight is 443 g/mol. The van der Waals surface area contributed by atoms with Gasteiger partial charge < -0.3 is 19.6 Å². The minimum atomic E-state index is -0.0386. The van der Waals surface area contributed by atoms with Crippen LogP contribution >= 0.6 is 0 Å². The Morgan fingerprint density at radius 1 is 1.31 bits per heavy atom. The van der Waals surface area contributed by atoms with Crippen molar-refractivity contribution in [3.8, 4) is 5.75 Å². The Hall–Kier alpha value is -2.61. The number of amides is 2. The van der Waals surface area contributed by atoms with Crippen LogP contribution in [0.2, 0.25) is 0 Å². The van der Waals surface area contributed by atoms with E-state index in [1.807, 2.05) is 28.0 Å². The number of nitrogens with one attached hydrogen (secondary N) is 1. The molecular formula is C24H34N4O4. The average Bonchev–Trinajstić information content (AvgIpc) is 3.18. The number of guanidine groups is 1. The fourth-order valence-corrected chi connectivity index (χ4v) is 4.91. The third-order valence-corrected chi connectivity index (χ3v) is 6.71. The molecule has 1 aromatic rings. The molecule has 1 aromatic carbocycles. The van der Waals surface area contributed by atoms with Gasteiger partial charge in [-0.2, -0.15) is 0 Å². The number of rotatable bonds is 9. The van der Waals surface area contributed by atoms with Crippen LogP contribution in [0.1, 0.15) is 63.5 Å². The third kappa shape index (κ3) is 5.23. The highest BCUT2D eigenvalue weighted by atomic mass is 16.5. The molecule has 8 heteroatoms. The molecule has 0 aromatic heterocycles. The molecule has 1 saturated carbocycles. The molecule has 0 radical (unpaired) electrons. The van der Waals surface area contributed by atoms with E-state index in [1.54, 1.807) is 0 Å². The summed E-state index contributed by atoms with van der Waals surface area (Å²) in [5.41, 5.74) is 1.87. The molecule has 32 heavy (non-hydrogen) atoms. The van der Waals surface area contributed by atoms with Crippen molar-refractivity contribution in [3.05, 3.63) is 23.8 Å². The number of aliphatic imine (C=N–C) groups is 1. The van der Waals surface area contributed by atoms with E-state index in [9.17, 15) is 14.7 Å². The second-order valence-electron chi connectivity index (χ2n) is 9.03. The van der Waals surface area contributed by atoms with E-state index in [1.165, 1.54) is 32.1 Å². The van der Waals surface area contributed by atoms with Gasteiger partial charge in [0.2, 0.25) is 17.8 Å². The van der Waals surface area contributed by atoms with Gasteiger partial charge in [0.05, 0.1) is 24.9 Å². The summed E-state index contributed by atoms with van der Waals surface area (Å²) < 4.78 is 5.92. The molecule has 3 aliphatic rings. The van der Waals surface area contributed by atoms with Gasteiger partial charge in [-0.15, -0.1) is 0 Å². The van der Waals surface area contributed by atoms with Gasteiger partial charge in [0.1, 0.15) is 12.3 Å². The maximum Gasteiger partial charge on any atom is 0.246 e. The molecule has 1 aliphatic carbocycles. The molecule has 2 N–H and O–H groups in total. The summed E-state index contributed by atoms with van der Waals surface area (Å²) in [5, 5.41) is 12.2. The molecule has 1 unspecified atom stereocenters. The quantitative estimate of drug-likeness (QED) is 0.574. The molecular weight excluding hydrogens is 408 g/mol. The van der Waals surface area contributed by atoms with Crippen LogP contribution in [0.4, 0.5) is 5.69 Å². The monoisotopic (exact) mass is 442 g/mol. The van der Waals surface area contributed by atoms with Gasteiger partial charge in [-0.05, 0) is 50.3 Å². The first-order chi connectivity index (χ1) is 15.5. The topological polar surface area (TPSA) is 94.5 Å². The lowest BCUT2D eigenvalue weighted by Crippen LogP contribution is -2.38. The summed E-state index contributed by atoms with van der Waals surface area (Å²) in [4.78, 5) is 32.7. The predicted molar refractivity (Wildman–Crippen MR) is 122 cm³/mol. The van der Waals surface area contributed by atoms with Crippen LogP contribution in [-0.4, -0.2) is 65.5 Å². The Morgan fingerprint density at radius 3 is 2.91 bits per heavy atom. The smallest absolute Gasteiger partial charge is 0.246 e. The van der Waals surface area contributed by atoms with E-state index in [-0.39, 0.29) is 24.5 Å². The highest BCUT2D eigenvalue weighted by Gasteiger charge is 2.34. The fourth-order valence-electron chi connectivity index (χ4n) is 4.91. The Kier molecular flexibility index (Phi) is 7.29. The van der Waals surface area contributed by atoms with Crippen molar-refractivity contribution in [3.63, 3.8) is 0 Å². The molecule has 8 nitrogen and oxygen atoms in total. The van der Waals surface area contributed by atoms with Gasteiger partial charge in [-0.1, -0.05) is 19.3 Å². The molecule has 2 heterocycles. The third-order valence-electron chi connectivity index (χ3n) is 6.71. The Morgan fingerprint density at radius 2 is 2.12 bits per heavy atom. The number of benzene rings is 1. The Balaban J connectivity index is 1.27. The predicted octanol–water partition coefficient (Wildman–Crippen LogP) is 2.74. The number of nitrogens with zero attached hydrogens (tertiary/aromatic N) is 3. The van der Waals surface area contributed by atoms with Crippen LogP contribution in [0.5, 0.6) is 5.75 Å². The van der Waals surface area contributed by atoms with Crippen molar-refractivity contribution in [1.82, 2.24) is 15.1 Å². The van der Waals surface area contributed by atoms with Gasteiger partial charge >= 0.3 is 0 Å². The van der Waals surface area contributed by atoms with E-state index < -0.39 is 0 Å².